The number of nitrogens with one attached hydrogen (secondary N) is 3. The van der Waals surface area contributed by atoms with Crippen LogP contribution in [0.15, 0.2) is 103 Å². The van der Waals surface area contributed by atoms with Crippen molar-refractivity contribution < 1.29 is 9.90 Å². The van der Waals surface area contributed by atoms with Crippen molar-refractivity contribution in [3.63, 3.8) is 0 Å². The Morgan fingerprint density at radius 1 is 0.892 bits per heavy atom. The van der Waals surface area contributed by atoms with E-state index in [2.05, 4.69) is 25.9 Å². The average Bonchev–Trinajstić information content (AvgIpc) is 3.50. The lowest BCUT2D eigenvalue weighted by molar-refractivity contribution is -0.117. The predicted molar refractivity (Wildman–Crippen MR) is 145 cm³/mol. The van der Waals surface area contributed by atoms with Gasteiger partial charge in [0, 0.05) is 23.8 Å². The molecule has 7 heteroatoms. The second kappa shape index (κ2) is 11.8. The van der Waals surface area contributed by atoms with E-state index in [-0.39, 0.29) is 11.9 Å². The van der Waals surface area contributed by atoms with Crippen molar-refractivity contribution in [1.29, 1.82) is 0 Å². The lowest BCUT2D eigenvalue weighted by atomic mass is 9.82. The van der Waals surface area contributed by atoms with E-state index >= 15 is 0 Å². The van der Waals surface area contributed by atoms with E-state index in [1.807, 2.05) is 91.0 Å². The molecule has 1 aliphatic heterocycles. The zero-order valence-electron chi connectivity index (χ0n) is 20.5. The smallest absolute Gasteiger partial charge is 0.241 e. The molecule has 1 aliphatic rings. The average molecular weight is 494 g/mol. The molecule has 2 aromatic heterocycles. The second-order valence-corrected chi connectivity index (χ2v) is 9.20. The molecule has 4 atom stereocenters. The number of nitrogens with zero attached hydrogens (tertiary/aromatic N) is 2. The van der Waals surface area contributed by atoms with Gasteiger partial charge >= 0.3 is 0 Å². The molecule has 0 saturated carbocycles. The van der Waals surface area contributed by atoms with Gasteiger partial charge in [-0.3, -0.25) is 9.78 Å². The molecule has 0 spiro atoms. The zero-order valence-corrected chi connectivity index (χ0v) is 20.5. The minimum absolute atomic E-state index is 0.0560. The molecule has 0 bridgehead atoms. The number of carbonyl (C=O) groups excluding carboxylic acids is 1. The summed E-state index contributed by atoms with van der Waals surface area (Å²) in [6.07, 6.45) is 4.37. The Balaban J connectivity index is 1.60. The number of hydrogen-bond acceptors (Lipinski definition) is 6. The summed E-state index contributed by atoms with van der Waals surface area (Å²) in [7, 11) is 0. The molecule has 0 radical (unpaired) electrons. The van der Waals surface area contributed by atoms with Crippen molar-refractivity contribution in [2.24, 2.45) is 0 Å². The second-order valence-electron chi connectivity index (χ2n) is 9.20. The molecule has 3 heterocycles. The lowest BCUT2D eigenvalue weighted by Crippen LogP contribution is -2.36. The lowest BCUT2D eigenvalue weighted by Gasteiger charge is -2.33. The van der Waals surface area contributed by atoms with Gasteiger partial charge in [0.1, 0.15) is 5.82 Å². The fraction of sp³-hybridized carbons (Fsp3) is 0.233. The van der Waals surface area contributed by atoms with Gasteiger partial charge in [0.15, 0.2) is 0 Å². The fourth-order valence-corrected chi connectivity index (χ4v) is 4.92. The number of pyridine rings is 2. The Hall–Kier alpha value is -4.07. The van der Waals surface area contributed by atoms with Crippen molar-refractivity contribution in [3.8, 4) is 0 Å². The van der Waals surface area contributed by atoms with E-state index in [0.29, 0.717) is 11.5 Å². The van der Waals surface area contributed by atoms with Crippen LogP contribution in [0.4, 0.5) is 11.5 Å². The first-order valence-corrected chi connectivity index (χ1v) is 12.7. The van der Waals surface area contributed by atoms with Crippen molar-refractivity contribution in [2.45, 2.75) is 36.9 Å². The summed E-state index contributed by atoms with van der Waals surface area (Å²) in [6, 6.07) is 28.0. The van der Waals surface area contributed by atoms with E-state index in [1.165, 1.54) is 0 Å². The molecule has 4 N–H and O–H groups in total. The van der Waals surface area contributed by atoms with Crippen LogP contribution in [0.25, 0.3) is 0 Å². The summed E-state index contributed by atoms with van der Waals surface area (Å²) in [5, 5.41) is 21.7. The molecule has 1 fully saturated rings. The van der Waals surface area contributed by atoms with E-state index in [0.717, 1.165) is 36.2 Å². The molecule has 0 aliphatic carbocycles. The first-order valence-electron chi connectivity index (χ1n) is 12.7. The number of aliphatic hydroxyl groups is 1. The van der Waals surface area contributed by atoms with Crippen LogP contribution in [-0.4, -0.2) is 33.6 Å². The summed E-state index contributed by atoms with van der Waals surface area (Å²) >= 11 is 0. The van der Waals surface area contributed by atoms with E-state index < -0.39 is 18.1 Å². The Morgan fingerprint density at radius 2 is 1.62 bits per heavy atom. The number of anilines is 2. The molecule has 188 valence electrons. The number of amides is 1. The van der Waals surface area contributed by atoms with Crippen molar-refractivity contribution >= 4 is 17.4 Å². The summed E-state index contributed by atoms with van der Waals surface area (Å²) < 4.78 is 0. The number of aliphatic hydroxyl groups excluding tert-OH is 1. The van der Waals surface area contributed by atoms with Gasteiger partial charge in [-0.15, -0.1) is 0 Å². The predicted octanol–water partition coefficient (Wildman–Crippen LogP) is 4.84. The van der Waals surface area contributed by atoms with E-state index in [1.54, 1.807) is 12.4 Å². The van der Waals surface area contributed by atoms with Gasteiger partial charge < -0.3 is 21.1 Å². The molecule has 5 rings (SSSR count). The molecule has 1 amide bonds. The monoisotopic (exact) mass is 493 g/mol. The van der Waals surface area contributed by atoms with Gasteiger partial charge in [-0.25, -0.2) is 4.98 Å². The van der Waals surface area contributed by atoms with Gasteiger partial charge in [0.05, 0.1) is 24.1 Å². The van der Waals surface area contributed by atoms with Crippen molar-refractivity contribution in [2.75, 3.05) is 17.2 Å². The third kappa shape index (κ3) is 5.85. The normalized spacial score (nSPS) is 17.5. The van der Waals surface area contributed by atoms with Crippen molar-refractivity contribution in [1.82, 2.24) is 15.3 Å². The first-order chi connectivity index (χ1) is 18.2. The molecular weight excluding hydrogens is 462 g/mol. The maximum absolute atomic E-state index is 13.1. The number of rotatable bonds is 9. The minimum atomic E-state index is -0.877. The highest BCUT2D eigenvalue weighted by atomic mass is 16.3. The quantitative estimate of drug-likeness (QED) is 0.266. The topological polar surface area (TPSA) is 99.2 Å². The summed E-state index contributed by atoms with van der Waals surface area (Å²) in [4.78, 5) is 22.2. The van der Waals surface area contributed by atoms with Crippen LogP contribution in [-0.2, 0) is 4.79 Å². The molecule has 4 aromatic rings. The molecule has 1 saturated heterocycles. The third-order valence-electron chi connectivity index (χ3n) is 6.77. The van der Waals surface area contributed by atoms with Gasteiger partial charge in [-0.05, 0) is 60.8 Å². The zero-order chi connectivity index (χ0) is 25.5. The summed E-state index contributed by atoms with van der Waals surface area (Å²) in [5.41, 5.74) is 3.04. The Kier molecular flexibility index (Phi) is 7.84. The molecule has 2 aromatic carbocycles. The fourth-order valence-electron chi connectivity index (χ4n) is 4.92. The minimum Gasteiger partial charge on any atom is -0.388 e. The van der Waals surface area contributed by atoms with Crippen LogP contribution in [0.1, 0.15) is 47.7 Å². The highest BCUT2D eigenvalue weighted by Crippen LogP contribution is 2.43. The van der Waals surface area contributed by atoms with Crippen LogP contribution >= 0.6 is 0 Å². The Bertz CT molecular complexity index is 1280. The van der Waals surface area contributed by atoms with Gasteiger partial charge in [-0.2, -0.15) is 0 Å². The first kappa shape index (κ1) is 24.6. The van der Waals surface area contributed by atoms with Crippen LogP contribution in [0.3, 0.4) is 0 Å². The van der Waals surface area contributed by atoms with Gasteiger partial charge in [0.2, 0.25) is 5.91 Å². The number of carbonyl (C=O) groups is 1. The number of aromatic nitrogens is 2. The van der Waals surface area contributed by atoms with Gasteiger partial charge in [-0.1, -0.05) is 60.7 Å². The van der Waals surface area contributed by atoms with Crippen LogP contribution in [0.2, 0.25) is 0 Å². The highest BCUT2D eigenvalue weighted by molar-refractivity contribution is 5.95. The number of benzene rings is 2. The van der Waals surface area contributed by atoms with E-state index in [4.69, 9.17) is 0 Å². The third-order valence-corrected chi connectivity index (χ3v) is 6.77. The van der Waals surface area contributed by atoms with Crippen LogP contribution < -0.4 is 16.0 Å². The molecule has 37 heavy (non-hydrogen) atoms. The molecule has 7 nitrogen and oxygen atoms in total. The SMILES string of the molecule is O=C(Nc1ccccc1C(Nc1ccccn1)C(c1ccccn1)C(O)c1ccccc1)[C@@H]1CCCN1. The Morgan fingerprint density at radius 3 is 2.32 bits per heavy atom. The van der Waals surface area contributed by atoms with Crippen LogP contribution in [0, 0.1) is 0 Å². The summed E-state index contributed by atoms with van der Waals surface area (Å²) in [6.45, 7) is 0.842. The molecular formula is C30H31N5O2. The number of para-hydroxylation sites is 1. The number of hydrogen-bond donors (Lipinski definition) is 4. The highest BCUT2D eigenvalue weighted by Gasteiger charge is 2.35. The Labute approximate surface area is 217 Å². The molecule has 3 unspecified atom stereocenters. The maximum Gasteiger partial charge on any atom is 0.241 e. The van der Waals surface area contributed by atoms with E-state index in [9.17, 15) is 9.90 Å². The summed E-state index contributed by atoms with van der Waals surface area (Å²) in [5.74, 6) is 0.111. The van der Waals surface area contributed by atoms with Crippen molar-refractivity contribution in [3.05, 3.63) is 120 Å². The maximum atomic E-state index is 13.1. The van der Waals surface area contributed by atoms with Gasteiger partial charge in [0.25, 0.3) is 0 Å². The van der Waals surface area contributed by atoms with Crippen LogP contribution in [0.5, 0.6) is 0 Å². The largest absolute Gasteiger partial charge is 0.388 e. The standard InChI is InChI=1S/C30H31N5O2/c36-29(21-11-2-1-3-12-21)27(24-15-6-8-18-31-24)28(35-26-17-7-9-19-33-26)22-13-4-5-14-23(22)34-30(37)25-16-10-20-32-25/h1-9,11-15,17-19,25,27-29,32,36H,10,16,20H2,(H,33,35)(H,34,37)/t25-,27?,28?,29?/m0/s1.